The van der Waals surface area contributed by atoms with E-state index in [0.717, 1.165) is 5.75 Å². The van der Waals surface area contributed by atoms with Gasteiger partial charge in [-0.3, -0.25) is 0 Å². The molecule has 0 amide bonds. The van der Waals surface area contributed by atoms with E-state index in [1.807, 2.05) is 18.2 Å². The molecule has 0 aliphatic carbocycles. The maximum Gasteiger partial charge on any atom is 0.210 e. The molecule has 1 heterocycles. The Balaban J connectivity index is 1.95. The number of nitrogens with zero attached hydrogens (tertiary/aromatic N) is 3. The first-order chi connectivity index (χ1) is 6.84. The van der Waals surface area contributed by atoms with Crippen molar-refractivity contribution in [1.82, 2.24) is 14.9 Å². The molecular formula is C9H10N4S. The van der Waals surface area contributed by atoms with Crippen LogP contribution in [-0.2, 0) is 5.75 Å². The highest BCUT2D eigenvalue weighted by Gasteiger charge is 1.99. The zero-order chi connectivity index (χ0) is 9.80. The highest BCUT2D eigenvalue weighted by atomic mass is 32.2. The number of rotatable bonds is 3. The van der Waals surface area contributed by atoms with Crippen LogP contribution in [0.2, 0.25) is 0 Å². The van der Waals surface area contributed by atoms with Crippen LogP contribution in [0, 0.1) is 0 Å². The summed E-state index contributed by atoms with van der Waals surface area (Å²) in [7, 11) is 0. The Bertz CT molecular complexity index is 398. The number of thioether (sulfide) groups is 1. The van der Waals surface area contributed by atoms with Crippen LogP contribution in [0.5, 0.6) is 0 Å². The van der Waals surface area contributed by atoms with Gasteiger partial charge < -0.3 is 5.84 Å². The lowest BCUT2D eigenvalue weighted by atomic mass is 10.2. The Morgan fingerprint density at radius 2 is 2.07 bits per heavy atom. The molecule has 0 aliphatic rings. The fraction of sp³-hybridized carbons (Fsp3) is 0.111. The molecule has 1 aromatic carbocycles. The van der Waals surface area contributed by atoms with Crippen molar-refractivity contribution in [3.63, 3.8) is 0 Å². The van der Waals surface area contributed by atoms with Crippen LogP contribution < -0.4 is 5.84 Å². The van der Waals surface area contributed by atoms with Gasteiger partial charge in [0.05, 0.1) is 0 Å². The molecule has 5 heteroatoms. The van der Waals surface area contributed by atoms with Gasteiger partial charge in [0, 0.05) is 5.75 Å². The van der Waals surface area contributed by atoms with E-state index >= 15 is 0 Å². The van der Waals surface area contributed by atoms with Gasteiger partial charge in [-0.1, -0.05) is 42.1 Å². The largest absolute Gasteiger partial charge is 0.322 e. The predicted octanol–water partition coefficient (Wildman–Crippen LogP) is 1.28. The second-order valence-corrected chi connectivity index (χ2v) is 3.72. The quantitative estimate of drug-likeness (QED) is 0.607. The Kier molecular flexibility index (Phi) is 2.69. The topological polar surface area (TPSA) is 56.7 Å². The molecule has 0 saturated carbocycles. The second-order valence-electron chi connectivity index (χ2n) is 2.78. The third kappa shape index (κ3) is 2.26. The molecule has 2 N–H and O–H groups in total. The Morgan fingerprint density at radius 3 is 2.71 bits per heavy atom. The monoisotopic (exact) mass is 206 g/mol. The minimum Gasteiger partial charge on any atom is -0.322 e. The Labute approximate surface area is 86.1 Å². The van der Waals surface area contributed by atoms with Crippen LogP contribution in [-0.4, -0.2) is 14.9 Å². The maximum atomic E-state index is 5.38. The number of hydrogen-bond donors (Lipinski definition) is 1. The highest BCUT2D eigenvalue weighted by Crippen LogP contribution is 2.17. The molecule has 2 rings (SSSR count). The van der Waals surface area contributed by atoms with E-state index in [2.05, 4.69) is 22.2 Å². The average molecular weight is 206 g/mol. The van der Waals surface area contributed by atoms with Crippen molar-refractivity contribution in [2.75, 3.05) is 5.84 Å². The third-order valence-electron chi connectivity index (χ3n) is 1.70. The molecule has 0 fully saturated rings. The molecule has 0 radical (unpaired) electrons. The van der Waals surface area contributed by atoms with Crippen molar-refractivity contribution in [1.29, 1.82) is 0 Å². The third-order valence-corrected chi connectivity index (χ3v) is 2.62. The first-order valence-corrected chi connectivity index (χ1v) is 5.16. The normalized spacial score (nSPS) is 10.3. The molecule has 0 spiro atoms. The number of benzene rings is 1. The molecule has 72 valence electrons. The summed E-state index contributed by atoms with van der Waals surface area (Å²) in [6.45, 7) is 0. The van der Waals surface area contributed by atoms with E-state index in [-0.39, 0.29) is 0 Å². The van der Waals surface area contributed by atoms with Crippen LogP contribution >= 0.6 is 11.8 Å². The van der Waals surface area contributed by atoms with Gasteiger partial charge in [-0.25, -0.2) is 4.98 Å². The summed E-state index contributed by atoms with van der Waals surface area (Å²) in [5.41, 5.74) is 1.26. The minimum atomic E-state index is 0.705. The van der Waals surface area contributed by atoms with Gasteiger partial charge in [0.25, 0.3) is 0 Å². The number of aromatic nitrogens is 3. The molecule has 0 aliphatic heterocycles. The zero-order valence-electron chi connectivity index (χ0n) is 7.50. The standard InChI is InChI=1S/C9H10N4S/c10-13-7-11-9(12-13)14-6-8-4-2-1-3-5-8/h1-5,7H,6,10H2. The smallest absolute Gasteiger partial charge is 0.210 e. The van der Waals surface area contributed by atoms with Gasteiger partial charge in [-0.15, -0.1) is 5.10 Å². The van der Waals surface area contributed by atoms with E-state index < -0.39 is 0 Å². The van der Waals surface area contributed by atoms with E-state index in [0.29, 0.717) is 5.16 Å². The molecule has 0 unspecified atom stereocenters. The van der Waals surface area contributed by atoms with Gasteiger partial charge in [-0.2, -0.15) is 4.79 Å². The van der Waals surface area contributed by atoms with Gasteiger partial charge in [-0.05, 0) is 5.56 Å². The lowest BCUT2D eigenvalue weighted by Gasteiger charge is -1.96. The van der Waals surface area contributed by atoms with Gasteiger partial charge >= 0.3 is 0 Å². The van der Waals surface area contributed by atoms with Crippen molar-refractivity contribution in [2.24, 2.45) is 0 Å². The molecule has 0 atom stereocenters. The van der Waals surface area contributed by atoms with Crippen molar-refractivity contribution < 1.29 is 0 Å². The summed E-state index contributed by atoms with van der Waals surface area (Å²) in [6, 6.07) is 10.2. The lowest BCUT2D eigenvalue weighted by Crippen LogP contribution is -2.07. The van der Waals surface area contributed by atoms with E-state index in [4.69, 9.17) is 5.84 Å². The van der Waals surface area contributed by atoms with Crippen LogP contribution in [0.3, 0.4) is 0 Å². The summed E-state index contributed by atoms with van der Waals surface area (Å²) in [4.78, 5) is 5.24. The molecule has 1 aromatic heterocycles. The maximum absolute atomic E-state index is 5.38. The van der Waals surface area contributed by atoms with Gasteiger partial charge in [0.2, 0.25) is 5.16 Å². The summed E-state index contributed by atoms with van der Waals surface area (Å²) >= 11 is 1.57. The summed E-state index contributed by atoms with van der Waals surface area (Å²) in [5.74, 6) is 6.24. The predicted molar refractivity (Wildman–Crippen MR) is 56.2 cm³/mol. The highest BCUT2D eigenvalue weighted by molar-refractivity contribution is 7.98. The van der Waals surface area contributed by atoms with Gasteiger partial charge in [0.15, 0.2) is 0 Å². The van der Waals surface area contributed by atoms with Crippen molar-refractivity contribution in [3.8, 4) is 0 Å². The number of nitrogen functional groups attached to an aromatic ring is 1. The second kappa shape index (κ2) is 4.15. The van der Waals surface area contributed by atoms with Crippen molar-refractivity contribution in [2.45, 2.75) is 10.9 Å². The van der Waals surface area contributed by atoms with E-state index in [1.54, 1.807) is 11.8 Å². The molecular weight excluding hydrogens is 196 g/mol. The van der Waals surface area contributed by atoms with Crippen LogP contribution in [0.1, 0.15) is 5.56 Å². The molecule has 2 aromatic rings. The first kappa shape index (κ1) is 9.08. The molecule has 0 saturated heterocycles. The van der Waals surface area contributed by atoms with Crippen LogP contribution in [0.15, 0.2) is 41.8 Å². The summed E-state index contributed by atoms with van der Waals surface area (Å²) in [5, 5.41) is 4.68. The molecule has 0 bridgehead atoms. The van der Waals surface area contributed by atoms with E-state index in [9.17, 15) is 0 Å². The minimum absolute atomic E-state index is 0.705. The number of nitrogens with two attached hydrogens (primary N) is 1. The average Bonchev–Trinajstić information content (AvgIpc) is 2.63. The zero-order valence-corrected chi connectivity index (χ0v) is 8.31. The fourth-order valence-corrected chi connectivity index (χ4v) is 1.81. The Morgan fingerprint density at radius 1 is 1.29 bits per heavy atom. The fourth-order valence-electron chi connectivity index (χ4n) is 1.05. The SMILES string of the molecule is Nn1cnc(SCc2ccccc2)n1. The first-order valence-electron chi connectivity index (χ1n) is 4.18. The van der Waals surface area contributed by atoms with Crippen molar-refractivity contribution >= 4 is 11.8 Å². The van der Waals surface area contributed by atoms with Crippen LogP contribution in [0.25, 0.3) is 0 Å². The molecule has 14 heavy (non-hydrogen) atoms. The summed E-state index contributed by atoms with van der Waals surface area (Å²) < 4.78 is 0. The molecule has 4 nitrogen and oxygen atoms in total. The van der Waals surface area contributed by atoms with Crippen LogP contribution in [0.4, 0.5) is 0 Å². The summed E-state index contributed by atoms with van der Waals surface area (Å²) in [6.07, 6.45) is 1.49. The van der Waals surface area contributed by atoms with Crippen molar-refractivity contribution in [3.05, 3.63) is 42.2 Å². The Hall–Kier alpha value is -1.49. The van der Waals surface area contributed by atoms with Gasteiger partial charge in [0.1, 0.15) is 6.33 Å². The number of hydrogen-bond acceptors (Lipinski definition) is 4. The lowest BCUT2D eigenvalue weighted by molar-refractivity contribution is 0.793. The van der Waals surface area contributed by atoms with E-state index in [1.165, 1.54) is 16.7 Å².